The first-order valence-corrected chi connectivity index (χ1v) is 6.15. The lowest BCUT2D eigenvalue weighted by molar-refractivity contribution is -0.143. The molecule has 0 aromatic heterocycles. The van der Waals surface area contributed by atoms with E-state index in [4.69, 9.17) is 4.74 Å². The second-order valence-corrected chi connectivity index (χ2v) is 4.87. The molecule has 2 rings (SSSR count). The molecule has 0 radical (unpaired) electrons. The molecule has 0 spiro atoms. The SMILES string of the molecule is COCc1ccc(C2(C(=O)O)CCCC2)cc1O. The largest absolute Gasteiger partial charge is 0.508 e. The van der Waals surface area contributed by atoms with Gasteiger partial charge in [0, 0.05) is 12.7 Å². The Kier molecular flexibility index (Phi) is 3.57. The second kappa shape index (κ2) is 4.98. The molecule has 1 aliphatic rings. The van der Waals surface area contributed by atoms with Gasteiger partial charge in [-0.2, -0.15) is 0 Å². The van der Waals surface area contributed by atoms with Gasteiger partial charge in [-0.1, -0.05) is 25.0 Å². The van der Waals surface area contributed by atoms with Crippen LogP contribution in [-0.2, 0) is 21.6 Å². The molecule has 18 heavy (non-hydrogen) atoms. The minimum Gasteiger partial charge on any atom is -0.508 e. The van der Waals surface area contributed by atoms with Crippen LogP contribution >= 0.6 is 0 Å². The van der Waals surface area contributed by atoms with E-state index in [1.807, 2.05) is 0 Å². The lowest BCUT2D eigenvalue weighted by Crippen LogP contribution is -2.32. The van der Waals surface area contributed by atoms with Crippen molar-refractivity contribution in [3.63, 3.8) is 0 Å². The third kappa shape index (κ3) is 2.08. The summed E-state index contributed by atoms with van der Waals surface area (Å²) in [5.74, 6) is -0.680. The lowest BCUT2D eigenvalue weighted by atomic mass is 9.78. The summed E-state index contributed by atoms with van der Waals surface area (Å²) in [4.78, 5) is 11.5. The van der Waals surface area contributed by atoms with Crippen LogP contribution in [0.25, 0.3) is 0 Å². The second-order valence-electron chi connectivity index (χ2n) is 4.87. The topological polar surface area (TPSA) is 66.8 Å². The summed E-state index contributed by atoms with van der Waals surface area (Å²) in [6, 6.07) is 5.12. The molecular formula is C14H18O4. The Labute approximate surface area is 106 Å². The normalized spacial score (nSPS) is 17.8. The minimum absolute atomic E-state index is 0.113. The van der Waals surface area contributed by atoms with Crippen molar-refractivity contribution in [2.45, 2.75) is 37.7 Å². The summed E-state index contributed by atoms with van der Waals surface area (Å²) >= 11 is 0. The van der Waals surface area contributed by atoms with E-state index in [1.165, 1.54) is 0 Å². The maximum Gasteiger partial charge on any atom is 0.314 e. The summed E-state index contributed by atoms with van der Waals surface area (Å²) in [6.07, 6.45) is 3.14. The van der Waals surface area contributed by atoms with Crippen LogP contribution in [0.3, 0.4) is 0 Å². The molecule has 4 heteroatoms. The first-order valence-electron chi connectivity index (χ1n) is 6.15. The average Bonchev–Trinajstić information content (AvgIpc) is 2.82. The highest BCUT2D eigenvalue weighted by atomic mass is 16.5. The van der Waals surface area contributed by atoms with Crippen LogP contribution in [0.4, 0.5) is 0 Å². The van der Waals surface area contributed by atoms with Gasteiger partial charge in [-0.05, 0) is 24.5 Å². The Morgan fingerprint density at radius 3 is 2.56 bits per heavy atom. The van der Waals surface area contributed by atoms with Crippen LogP contribution < -0.4 is 0 Å². The number of carbonyl (C=O) groups is 1. The van der Waals surface area contributed by atoms with Gasteiger partial charge in [0.25, 0.3) is 0 Å². The molecule has 4 nitrogen and oxygen atoms in total. The summed E-state index contributed by atoms with van der Waals surface area (Å²) < 4.78 is 4.97. The van der Waals surface area contributed by atoms with Crippen molar-refractivity contribution in [1.29, 1.82) is 0 Å². The van der Waals surface area contributed by atoms with Gasteiger partial charge in [0.15, 0.2) is 0 Å². The Bertz CT molecular complexity index is 447. The van der Waals surface area contributed by atoms with E-state index in [1.54, 1.807) is 25.3 Å². The molecule has 1 aromatic rings. The van der Waals surface area contributed by atoms with Gasteiger partial charge in [0.05, 0.1) is 12.0 Å². The maximum atomic E-state index is 11.5. The van der Waals surface area contributed by atoms with Gasteiger partial charge >= 0.3 is 5.97 Å². The number of hydrogen-bond donors (Lipinski definition) is 2. The number of carboxylic acid groups (broad SMARTS) is 1. The number of hydrogen-bond acceptors (Lipinski definition) is 3. The molecule has 0 amide bonds. The van der Waals surface area contributed by atoms with Gasteiger partial charge in [0.1, 0.15) is 5.75 Å². The number of ether oxygens (including phenoxy) is 1. The first-order chi connectivity index (χ1) is 8.60. The molecule has 1 aromatic carbocycles. The zero-order valence-electron chi connectivity index (χ0n) is 10.5. The third-order valence-electron chi connectivity index (χ3n) is 3.80. The summed E-state index contributed by atoms with van der Waals surface area (Å²) in [6.45, 7) is 0.326. The summed E-state index contributed by atoms with van der Waals surface area (Å²) in [5.41, 5.74) is 0.563. The van der Waals surface area contributed by atoms with Crippen molar-refractivity contribution < 1.29 is 19.7 Å². The smallest absolute Gasteiger partial charge is 0.314 e. The molecule has 1 saturated carbocycles. The molecule has 1 aliphatic carbocycles. The number of carboxylic acids is 1. The molecule has 1 fully saturated rings. The fourth-order valence-electron chi connectivity index (χ4n) is 2.74. The standard InChI is InChI=1S/C14H18O4/c1-18-9-10-4-5-11(8-12(10)15)14(13(16)17)6-2-3-7-14/h4-5,8,15H,2-3,6-7,9H2,1H3,(H,16,17). The van der Waals surface area contributed by atoms with Gasteiger partial charge in [-0.15, -0.1) is 0 Å². The first kappa shape index (κ1) is 12.9. The number of phenols is 1. The van der Waals surface area contributed by atoms with Crippen LogP contribution in [0, 0.1) is 0 Å². The number of methoxy groups -OCH3 is 1. The molecule has 0 atom stereocenters. The molecule has 0 aliphatic heterocycles. The molecule has 0 bridgehead atoms. The molecule has 98 valence electrons. The van der Waals surface area contributed by atoms with Crippen molar-refractivity contribution in [2.75, 3.05) is 7.11 Å². The van der Waals surface area contributed by atoms with Gasteiger partial charge in [-0.3, -0.25) is 4.79 Å². The van der Waals surface area contributed by atoms with Crippen LogP contribution in [0.2, 0.25) is 0 Å². The van der Waals surface area contributed by atoms with Crippen molar-refractivity contribution in [2.24, 2.45) is 0 Å². The van der Waals surface area contributed by atoms with E-state index in [-0.39, 0.29) is 5.75 Å². The van der Waals surface area contributed by atoms with E-state index in [0.29, 0.717) is 30.6 Å². The van der Waals surface area contributed by atoms with Gasteiger partial charge in [-0.25, -0.2) is 0 Å². The molecule has 0 saturated heterocycles. The number of rotatable bonds is 4. The van der Waals surface area contributed by atoms with E-state index < -0.39 is 11.4 Å². The highest BCUT2D eigenvalue weighted by molar-refractivity contribution is 5.82. The highest BCUT2D eigenvalue weighted by Gasteiger charge is 2.43. The third-order valence-corrected chi connectivity index (χ3v) is 3.80. The summed E-state index contributed by atoms with van der Waals surface area (Å²) in [5, 5.41) is 19.4. The highest BCUT2D eigenvalue weighted by Crippen LogP contribution is 2.42. The summed E-state index contributed by atoms with van der Waals surface area (Å²) in [7, 11) is 1.56. The predicted molar refractivity (Wildman–Crippen MR) is 66.6 cm³/mol. The van der Waals surface area contributed by atoms with Crippen LogP contribution in [-0.4, -0.2) is 23.3 Å². The number of aliphatic carboxylic acids is 1. The van der Waals surface area contributed by atoms with Crippen molar-refractivity contribution in [3.05, 3.63) is 29.3 Å². The van der Waals surface area contributed by atoms with E-state index in [9.17, 15) is 15.0 Å². The quantitative estimate of drug-likeness (QED) is 0.861. The zero-order valence-corrected chi connectivity index (χ0v) is 10.5. The monoisotopic (exact) mass is 250 g/mol. The van der Waals surface area contributed by atoms with Crippen molar-refractivity contribution in [3.8, 4) is 5.75 Å². The molecule has 0 unspecified atom stereocenters. The number of phenolic OH excluding ortho intramolecular Hbond substituents is 1. The predicted octanol–water partition coefficient (Wildman–Crippen LogP) is 2.44. The van der Waals surface area contributed by atoms with Crippen molar-refractivity contribution in [1.82, 2.24) is 0 Å². The molecule has 0 heterocycles. The van der Waals surface area contributed by atoms with Crippen LogP contribution in [0.5, 0.6) is 5.75 Å². The van der Waals surface area contributed by atoms with E-state index >= 15 is 0 Å². The fourth-order valence-corrected chi connectivity index (χ4v) is 2.74. The Morgan fingerprint density at radius 1 is 1.39 bits per heavy atom. The Hall–Kier alpha value is -1.55. The van der Waals surface area contributed by atoms with Crippen LogP contribution in [0.15, 0.2) is 18.2 Å². The Balaban J connectivity index is 2.38. The fraction of sp³-hybridized carbons (Fsp3) is 0.500. The van der Waals surface area contributed by atoms with E-state index in [2.05, 4.69) is 0 Å². The number of aromatic hydroxyl groups is 1. The number of benzene rings is 1. The maximum absolute atomic E-state index is 11.5. The van der Waals surface area contributed by atoms with E-state index in [0.717, 1.165) is 12.8 Å². The lowest BCUT2D eigenvalue weighted by Gasteiger charge is -2.24. The zero-order chi connectivity index (χ0) is 13.2. The van der Waals surface area contributed by atoms with Crippen LogP contribution in [0.1, 0.15) is 36.8 Å². The van der Waals surface area contributed by atoms with Gasteiger partial charge in [0.2, 0.25) is 0 Å². The minimum atomic E-state index is -0.816. The molecule has 2 N–H and O–H groups in total. The molecular weight excluding hydrogens is 232 g/mol. The average molecular weight is 250 g/mol. The van der Waals surface area contributed by atoms with Crippen molar-refractivity contribution >= 4 is 5.97 Å². The Morgan fingerprint density at radius 2 is 2.06 bits per heavy atom. The van der Waals surface area contributed by atoms with Gasteiger partial charge < -0.3 is 14.9 Å².